The van der Waals surface area contributed by atoms with E-state index in [0.29, 0.717) is 17.3 Å². The molecule has 0 aliphatic heterocycles. The molecule has 0 saturated carbocycles. The number of benzene rings is 2. The fourth-order valence-electron chi connectivity index (χ4n) is 2.55. The minimum atomic E-state index is -0.702. The predicted molar refractivity (Wildman–Crippen MR) is 107 cm³/mol. The molecule has 0 unspecified atom stereocenters. The van der Waals surface area contributed by atoms with Crippen LogP contribution in [0.3, 0.4) is 0 Å². The van der Waals surface area contributed by atoms with Gasteiger partial charge in [-0.2, -0.15) is 0 Å². The van der Waals surface area contributed by atoms with Crippen molar-refractivity contribution in [2.24, 2.45) is 0 Å². The molecule has 2 amide bonds. The summed E-state index contributed by atoms with van der Waals surface area (Å²) in [5, 5.41) is 3.31. The number of nitrogens with zero attached hydrogens (tertiary/aromatic N) is 1. The third-order valence-corrected chi connectivity index (χ3v) is 4.56. The molecule has 0 spiro atoms. The molecule has 0 aromatic heterocycles. The molecule has 2 aromatic carbocycles. The number of nitrogens with one attached hydrogen (secondary N) is 1. The van der Waals surface area contributed by atoms with Gasteiger partial charge in [0.1, 0.15) is 17.6 Å². The lowest BCUT2D eigenvalue weighted by atomic mass is 10.1. The van der Waals surface area contributed by atoms with Gasteiger partial charge in [-0.1, -0.05) is 36.7 Å². The molecule has 0 aliphatic carbocycles. The lowest BCUT2D eigenvalue weighted by Gasteiger charge is -2.29. The summed E-state index contributed by atoms with van der Waals surface area (Å²) in [5.41, 5.74) is 0.731. The van der Waals surface area contributed by atoms with Crippen LogP contribution in [0, 0.1) is 5.82 Å². The van der Waals surface area contributed by atoms with Crippen LogP contribution < -0.4 is 10.1 Å². The second-order valence-corrected chi connectivity index (χ2v) is 6.73. The Hall–Kier alpha value is -2.60. The van der Waals surface area contributed by atoms with E-state index in [1.807, 2.05) is 13.0 Å². The van der Waals surface area contributed by atoms with Gasteiger partial charge in [0.05, 0.1) is 0 Å². The second-order valence-electron chi connectivity index (χ2n) is 6.32. The molecule has 7 heteroatoms. The molecule has 1 N–H and O–H groups in total. The molecule has 0 saturated heterocycles. The predicted octanol–water partition coefficient (Wildman–Crippen LogP) is 3.80. The highest BCUT2D eigenvalue weighted by Gasteiger charge is 2.26. The standard InChI is InChI=1S/C21H24ClFN2O3/c1-3-12-24-21(27)15(2)25(13-16-6-4-5-7-19(16)22)20(26)14-28-18-10-8-17(23)9-11-18/h4-11,15H,3,12-14H2,1-2H3,(H,24,27)/t15-/m0/s1. The molecule has 0 aliphatic rings. The van der Waals surface area contributed by atoms with Crippen LogP contribution in [0.1, 0.15) is 25.8 Å². The molecule has 0 bridgehead atoms. The van der Waals surface area contributed by atoms with Crippen molar-refractivity contribution in [3.63, 3.8) is 0 Å². The van der Waals surface area contributed by atoms with Crippen LogP contribution in [0.2, 0.25) is 5.02 Å². The minimum absolute atomic E-state index is 0.173. The van der Waals surface area contributed by atoms with Gasteiger partial charge in [0.25, 0.3) is 5.91 Å². The van der Waals surface area contributed by atoms with E-state index in [1.165, 1.54) is 29.2 Å². The molecule has 150 valence electrons. The fourth-order valence-corrected chi connectivity index (χ4v) is 2.74. The van der Waals surface area contributed by atoms with Gasteiger partial charge in [0, 0.05) is 18.1 Å². The maximum absolute atomic E-state index is 13.0. The Morgan fingerprint density at radius 3 is 2.50 bits per heavy atom. The third-order valence-electron chi connectivity index (χ3n) is 4.19. The SMILES string of the molecule is CCCNC(=O)[C@H](C)N(Cc1ccccc1Cl)C(=O)COc1ccc(F)cc1. The second kappa shape index (κ2) is 10.7. The average molecular weight is 407 g/mol. The summed E-state index contributed by atoms with van der Waals surface area (Å²) >= 11 is 6.22. The molecule has 0 radical (unpaired) electrons. The maximum Gasteiger partial charge on any atom is 0.261 e. The number of hydrogen-bond acceptors (Lipinski definition) is 3. The highest BCUT2D eigenvalue weighted by Crippen LogP contribution is 2.19. The van der Waals surface area contributed by atoms with Gasteiger partial charge in [-0.25, -0.2) is 4.39 Å². The van der Waals surface area contributed by atoms with E-state index in [4.69, 9.17) is 16.3 Å². The Labute approximate surface area is 169 Å². The first-order valence-electron chi connectivity index (χ1n) is 9.11. The number of ether oxygens (including phenoxy) is 1. The van der Waals surface area contributed by atoms with Gasteiger partial charge in [-0.15, -0.1) is 0 Å². The first kappa shape index (κ1) is 21.7. The summed E-state index contributed by atoms with van der Waals surface area (Å²) in [6, 6.07) is 11.8. The highest BCUT2D eigenvalue weighted by molar-refractivity contribution is 6.31. The molecule has 0 fully saturated rings. The topological polar surface area (TPSA) is 58.6 Å². The molecular formula is C21H24ClFN2O3. The fraction of sp³-hybridized carbons (Fsp3) is 0.333. The summed E-state index contributed by atoms with van der Waals surface area (Å²) in [6.07, 6.45) is 0.796. The normalized spacial score (nSPS) is 11.6. The number of carbonyl (C=O) groups is 2. The van der Waals surface area contributed by atoms with Crippen molar-refractivity contribution >= 4 is 23.4 Å². The Morgan fingerprint density at radius 1 is 1.18 bits per heavy atom. The Balaban J connectivity index is 2.13. The van der Waals surface area contributed by atoms with E-state index < -0.39 is 6.04 Å². The van der Waals surface area contributed by atoms with E-state index >= 15 is 0 Å². The molecule has 2 aromatic rings. The zero-order chi connectivity index (χ0) is 20.5. The van der Waals surface area contributed by atoms with Gasteiger partial charge < -0.3 is 15.0 Å². The van der Waals surface area contributed by atoms with Crippen molar-refractivity contribution in [2.75, 3.05) is 13.2 Å². The zero-order valence-corrected chi connectivity index (χ0v) is 16.7. The number of halogens is 2. The lowest BCUT2D eigenvalue weighted by Crippen LogP contribution is -2.49. The summed E-state index contributed by atoms with van der Waals surface area (Å²) in [6.45, 7) is 4.04. The van der Waals surface area contributed by atoms with Crippen molar-refractivity contribution in [3.8, 4) is 5.75 Å². The van der Waals surface area contributed by atoms with Crippen molar-refractivity contribution in [1.29, 1.82) is 0 Å². The van der Waals surface area contributed by atoms with Gasteiger partial charge in [-0.05, 0) is 49.2 Å². The molecule has 5 nitrogen and oxygen atoms in total. The van der Waals surface area contributed by atoms with Crippen molar-refractivity contribution in [3.05, 3.63) is 64.9 Å². The van der Waals surface area contributed by atoms with Crippen molar-refractivity contribution in [1.82, 2.24) is 10.2 Å². The number of rotatable bonds is 9. The van der Waals surface area contributed by atoms with E-state index in [2.05, 4.69) is 5.32 Å². The smallest absolute Gasteiger partial charge is 0.261 e. The summed E-state index contributed by atoms with van der Waals surface area (Å²) in [5.74, 6) is -0.636. The van der Waals surface area contributed by atoms with Crippen LogP contribution in [-0.4, -0.2) is 35.9 Å². The quantitative estimate of drug-likeness (QED) is 0.689. The lowest BCUT2D eigenvalue weighted by molar-refractivity contribution is -0.142. The van der Waals surface area contributed by atoms with Crippen LogP contribution >= 0.6 is 11.6 Å². The number of hydrogen-bond donors (Lipinski definition) is 1. The Kier molecular flexibility index (Phi) is 8.26. The third kappa shape index (κ3) is 6.23. The van der Waals surface area contributed by atoms with E-state index in [0.717, 1.165) is 12.0 Å². The molecule has 1 atom stereocenters. The zero-order valence-electron chi connectivity index (χ0n) is 16.0. The van der Waals surface area contributed by atoms with Gasteiger partial charge >= 0.3 is 0 Å². The first-order valence-corrected chi connectivity index (χ1v) is 9.49. The van der Waals surface area contributed by atoms with Crippen LogP contribution in [0.5, 0.6) is 5.75 Å². The van der Waals surface area contributed by atoms with E-state index in [1.54, 1.807) is 25.1 Å². The molecular weight excluding hydrogens is 383 g/mol. The highest BCUT2D eigenvalue weighted by atomic mass is 35.5. The Bertz CT molecular complexity index is 798. The average Bonchev–Trinajstić information content (AvgIpc) is 2.70. The van der Waals surface area contributed by atoms with Gasteiger partial charge in [0.2, 0.25) is 5.91 Å². The maximum atomic E-state index is 13.0. The number of amides is 2. The van der Waals surface area contributed by atoms with Gasteiger partial charge in [0.15, 0.2) is 6.61 Å². The summed E-state index contributed by atoms with van der Waals surface area (Å²) in [4.78, 5) is 26.7. The monoisotopic (exact) mass is 406 g/mol. The first-order chi connectivity index (χ1) is 13.4. The molecule has 0 heterocycles. The number of carbonyl (C=O) groups excluding carboxylic acids is 2. The van der Waals surface area contributed by atoms with E-state index in [9.17, 15) is 14.0 Å². The molecule has 28 heavy (non-hydrogen) atoms. The van der Waals surface area contributed by atoms with Crippen molar-refractivity contribution in [2.45, 2.75) is 32.9 Å². The largest absolute Gasteiger partial charge is 0.484 e. The van der Waals surface area contributed by atoms with Crippen LogP contribution in [-0.2, 0) is 16.1 Å². The Morgan fingerprint density at radius 2 is 1.86 bits per heavy atom. The van der Waals surface area contributed by atoms with Crippen LogP contribution in [0.4, 0.5) is 4.39 Å². The van der Waals surface area contributed by atoms with Crippen LogP contribution in [0.15, 0.2) is 48.5 Å². The summed E-state index contributed by atoms with van der Waals surface area (Å²) in [7, 11) is 0. The van der Waals surface area contributed by atoms with Gasteiger partial charge in [-0.3, -0.25) is 9.59 Å². The minimum Gasteiger partial charge on any atom is -0.484 e. The van der Waals surface area contributed by atoms with E-state index in [-0.39, 0.29) is 30.8 Å². The van der Waals surface area contributed by atoms with Crippen molar-refractivity contribution < 1.29 is 18.7 Å². The van der Waals surface area contributed by atoms with Crippen LogP contribution in [0.25, 0.3) is 0 Å². The molecule has 2 rings (SSSR count). The summed E-state index contributed by atoms with van der Waals surface area (Å²) < 4.78 is 18.5.